The minimum Gasteiger partial charge on any atom is -0.440 e. The van der Waals surface area contributed by atoms with Crippen molar-refractivity contribution < 1.29 is 14.3 Å². The average Bonchev–Trinajstić information content (AvgIpc) is 2.43. The first-order valence-electron chi connectivity index (χ1n) is 5.54. The molecule has 1 aliphatic rings. The van der Waals surface area contributed by atoms with E-state index in [9.17, 15) is 9.59 Å². The number of carbonyl (C=O) groups is 2. The van der Waals surface area contributed by atoms with Gasteiger partial charge in [-0.15, -0.1) is 0 Å². The van der Waals surface area contributed by atoms with Crippen LogP contribution in [0, 0.1) is 10.8 Å². The fourth-order valence-electron chi connectivity index (χ4n) is 1.70. The van der Waals surface area contributed by atoms with Crippen molar-refractivity contribution in [2.24, 2.45) is 10.8 Å². The monoisotopic (exact) mass is 227 g/mol. The fourth-order valence-corrected chi connectivity index (χ4v) is 1.70. The molecule has 4 heteroatoms. The Morgan fingerprint density at radius 3 is 2.12 bits per heavy atom. The Morgan fingerprint density at radius 1 is 1.25 bits per heavy atom. The van der Waals surface area contributed by atoms with Crippen LogP contribution in [0.15, 0.2) is 0 Å². The maximum Gasteiger partial charge on any atom is 0.327 e. The van der Waals surface area contributed by atoms with Gasteiger partial charge in [-0.3, -0.25) is 14.5 Å². The maximum atomic E-state index is 12.2. The summed E-state index contributed by atoms with van der Waals surface area (Å²) >= 11 is 0. The van der Waals surface area contributed by atoms with Crippen molar-refractivity contribution in [1.29, 1.82) is 0 Å². The minimum absolute atomic E-state index is 0.0433. The average molecular weight is 227 g/mol. The van der Waals surface area contributed by atoms with Crippen molar-refractivity contribution in [1.82, 2.24) is 4.90 Å². The SMILES string of the molecule is CC(C)(C)C(=O)N1CC(=O)O[C@@H]1C(C)(C)C. The number of hydrogen-bond acceptors (Lipinski definition) is 3. The Kier molecular flexibility index (Phi) is 3.05. The Hall–Kier alpha value is -1.06. The van der Waals surface area contributed by atoms with Gasteiger partial charge in [-0.2, -0.15) is 0 Å². The highest BCUT2D eigenvalue weighted by atomic mass is 16.6. The molecule has 1 fully saturated rings. The molecule has 0 unspecified atom stereocenters. The molecule has 0 aromatic carbocycles. The van der Waals surface area contributed by atoms with E-state index >= 15 is 0 Å². The van der Waals surface area contributed by atoms with Crippen LogP contribution in [0.5, 0.6) is 0 Å². The number of ether oxygens (including phenoxy) is 1. The van der Waals surface area contributed by atoms with Gasteiger partial charge in [0.2, 0.25) is 5.91 Å². The summed E-state index contributed by atoms with van der Waals surface area (Å²) in [4.78, 5) is 25.0. The second kappa shape index (κ2) is 3.75. The van der Waals surface area contributed by atoms with Gasteiger partial charge in [0.05, 0.1) is 0 Å². The van der Waals surface area contributed by atoms with E-state index in [1.54, 1.807) is 4.90 Å². The minimum atomic E-state index is -0.489. The number of carbonyl (C=O) groups excluding carboxylic acids is 2. The lowest BCUT2D eigenvalue weighted by atomic mass is 9.90. The molecule has 0 aromatic rings. The topological polar surface area (TPSA) is 46.6 Å². The molecular formula is C12H21NO3. The van der Waals surface area contributed by atoms with Gasteiger partial charge in [0, 0.05) is 10.8 Å². The van der Waals surface area contributed by atoms with Crippen LogP contribution in [-0.2, 0) is 14.3 Å². The number of esters is 1. The molecule has 0 bridgehead atoms. The van der Waals surface area contributed by atoms with Crippen LogP contribution in [0.1, 0.15) is 41.5 Å². The molecule has 92 valence electrons. The van der Waals surface area contributed by atoms with E-state index in [0.29, 0.717) is 0 Å². The zero-order chi connectivity index (χ0) is 12.7. The highest BCUT2D eigenvalue weighted by Gasteiger charge is 2.45. The summed E-state index contributed by atoms with van der Waals surface area (Å²) in [6.07, 6.45) is -0.452. The standard InChI is InChI=1S/C12H21NO3/c1-11(2,3)9(15)13-7-8(14)16-10(13)12(4,5)6/h10H,7H2,1-6H3/t10-/m1/s1. The zero-order valence-electron chi connectivity index (χ0n) is 11.0. The van der Waals surface area contributed by atoms with Gasteiger partial charge in [-0.25, -0.2) is 0 Å². The molecule has 4 nitrogen and oxygen atoms in total. The lowest BCUT2D eigenvalue weighted by Gasteiger charge is -2.35. The van der Waals surface area contributed by atoms with Crippen molar-refractivity contribution in [3.8, 4) is 0 Å². The molecule has 0 saturated carbocycles. The second-order valence-corrected chi connectivity index (χ2v) is 6.39. The van der Waals surface area contributed by atoms with Crippen LogP contribution < -0.4 is 0 Å². The molecule has 1 heterocycles. The molecule has 1 rings (SSSR count). The number of rotatable bonds is 0. The largest absolute Gasteiger partial charge is 0.440 e. The van der Waals surface area contributed by atoms with Gasteiger partial charge in [-0.05, 0) is 0 Å². The third-order valence-corrected chi connectivity index (χ3v) is 2.47. The molecule has 16 heavy (non-hydrogen) atoms. The van der Waals surface area contributed by atoms with Crippen LogP contribution in [0.3, 0.4) is 0 Å². The van der Waals surface area contributed by atoms with E-state index in [2.05, 4.69) is 0 Å². The summed E-state index contributed by atoms with van der Waals surface area (Å²) in [6, 6.07) is 0. The first kappa shape index (κ1) is 13.0. The first-order chi connectivity index (χ1) is 7.03. The Balaban J connectivity index is 2.95. The lowest BCUT2D eigenvalue weighted by molar-refractivity contribution is -0.155. The molecule has 0 radical (unpaired) electrons. The summed E-state index contributed by atoms with van der Waals surface area (Å²) < 4.78 is 5.22. The number of amides is 1. The summed E-state index contributed by atoms with van der Waals surface area (Å²) in [5.41, 5.74) is -0.745. The van der Waals surface area contributed by atoms with Crippen LogP contribution >= 0.6 is 0 Å². The van der Waals surface area contributed by atoms with Crippen LogP contribution in [0.25, 0.3) is 0 Å². The van der Waals surface area contributed by atoms with Crippen LogP contribution in [0.2, 0.25) is 0 Å². The van der Waals surface area contributed by atoms with Gasteiger partial charge in [-0.1, -0.05) is 41.5 Å². The Morgan fingerprint density at radius 2 is 1.75 bits per heavy atom. The normalized spacial score (nSPS) is 22.2. The zero-order valence-corrected chi connectivity index (χ0v) is 11.0. The van der Waals surface area contributed by atoms with E-state index in [1.807, 2.05) is 41.5 Å². The molecule has 1 atom stereocenters. The number of nitrogens with zero attached hydrogens (tertiary/aromatic N) is 1. The molecular weight excluding hydrogens is 206 g/mol. The smallest absolute Gasteiger partial charge is 0.327 e. The molecule has 0 aliphatic carbocycles. The summed E-state index contributed by atoms with van der Waals surface area (Å²) in [5, 5.41) is 0. The van der Waals surface area contributed by atoms with E-state index in [4.69, 9.17) is 4.74 Å². The third kappa shape index (κ3) is 2.54. The predicted molar refractivity (Wildman–Crippen MR) is 60.5 cm³/mol. The summed E-state index contributed by atoms with van der Waals surface area (Å²) in [5.74, 6) is -0.365. The first-order valence-corrected chi connectivity index (χ1v) is 5.54. The van der Waals surface area contributed by atoms with E-state index < -0.39 is 11.6 Å². The second-order valence-electron chi connectivity index (χ2n) is 6.39. The van der Waals surface area contributed by atoms with Crippen molar-refractivity contribution >= 4 is 11.9 Å². The fraction of sp³-hybridized carbons (Fsp3) is 0.833. The molecule has 0 spiro atoms. The third-order valence-electron chi connectivity index (χ3n) is 2.47. The van der Waals surface area contributed by atoms with Crippen molar-refractivity contribution in [3.63, 3.8) is 0 Å². The van der Waals surface area contributed by atoms with Gasteiger partial charge in [0.1, 0.15) is 6.54 Å². The van der Waals surface area contributed by atoms with Crippen LogP contribution in [-0.4, -0.2) is 29.5 Å². The quantitative estimate of drug-likeness (QED) is 0.593. The van der Waals surface area contributed by atoms with Gasteiger partial charge < -0.3 is 4.74 Å². The Bertz CT molecular complexity index is 309. The molecule has 0 aromatic heterocycles. The van der Waals surface area contributed by atoms with Crippen molar-refractivity contribution in [2.45, 2.75) is 47.8 Å². The lowest BCUT2D eigenvalue weighted by Crippen LogP contribution is -2.48. The van der Waals surface area contributed by atoms with Gasteiger partial charge in [0.25, 0.3) is 0 Å². The molecule has 1 amide bonds. The van der Waals surface area contributed by atoms with Crippen molar-refractivity contribution in [3.05, 3.63) is 0 Å². The van der Waals surface area contributed by atoms with E-state index in [0.717, 1.165) is 0 Å². The van der Waals surface area contributed by atoms with Gasteiger partial charge in [0.15, 0.2) is 6.23 Å². The highest BCUT2D eigenvalue weighted by Crippen LogP contribution is 2.32. The van der Waals surface area contributed by atoms with Crippen LogP contribution in [0.4, 0.5) is 0 Å². The Labute approximate surface area is 96.9 Å². The highest BCUT2D eigenvalue weighted by molar-refractivity contribution is 5.87. The molecule has 1 saturated heterocycles. The van der Waals surface area contributed by atoms with Crippen molar-refractivity contribution in [2.75, 3.05) is 6.54 Å². The van der Waals surface area contributed by atoms with E-state index in [-0.39, 0.29) is 23.8 Å². The summed E-state index contributed by atoms with van der Waals surface area (Å²) in [6.45, 7) is 11.5. The predicted octanol–water partition coefficient (Wildman–Crippen LogP) is 1.79. The molecule has 1 aliphatic heterocycles. The number of cyclic esters (lactones) is 1. The summed E-state index contributed by atoms with van der Waals surface area (Å²) in [7, 11) is 0. The van der Waals surface area contributed by atoms with E-state index in [1.165, 1.54) is 0 Å². The maximum absolute atomic E-state index is 12.2. The van der Waals surface area contributed by atoms with Gasteiger partial charge >= 0.3 is 5.97 Å². The molecule has 0 N–H and O–H groups in total. The number of hydrogen-bond donors (Lipinski definition) is 0.